The quantitative estimate of drug-likeness (QED) is 0.149. The highest BCUT2D eigenvalue weighted by Gasteiger charge is 2.78. The fourth-order valence-electron chi connectivity index (χ4n) is 10.5. The Kier molecular flexibility index (Phi) is 12.0. The number of amides is 1. The Labute approximate surface area is 364 Å². The maximum atomic E-state index is 15.5. The number of rotatable bonds is 10. The Balaban J connectivity index is 1.40. The van der Waals surface area contributed by atoms with Crippen molar-refractivity contribution < 1.29 is 67.8 Å². The molecule has 3 aromatic rings. The summed E-state index contributed by atoms with van der Waals surface area (Å²) >= 11 is 0. The highest BCUT2D eigenvalue weighted by Crippen LogP contribution is 2.64. The molecule has 2 saturated carbocycles. The average molecular weight is 868 g/mol. The summed E-state index contributed by atoms with van der Waals surface area (Å²) in [5.41, 5.74) is -6.94. The molecule has 3 aromatic carbocycles. The van der Waals surface area contributed by atoms with Crippen molar-refractivity contribution in [1.29, 1.82) is 0 Å². The number of benzene rings is 3. The second kappa shape index (κ2) is 16.8. The van der Waals surface area contributed by atoms with Crippen molar-refractivity contribution in [1.82, 2.24) is 4.90 Å². The van der Waals surface area contributed by atoms with Crippen molar-refractivity contribution in [2.24, 2.45) is 16.7 Å². The Bertz CT molecular complexity index is 2320. The largest absolute Gasteiger partial charge is 0.456 e. The van der Waals surface area contributed by atoms with Crippen molar-refractivity contribution >= 4 is 35.6 Å². The van der Waals surface area contributed by atoms with Crippen LogP contribution in [0.15, 0.2) is 102 Å². The summed E-state index contributed by atoms with van der Waals surface area (Å²) in [6.45, 7) is 8.00. The molecule has 15 nitrogen and oxygen atoms in total. The van der Waals surface area contributed by atoms with Gasteiger partial charge in [-0.05, 0) is 54.8 Å². The maximum absolute atomic E-state index is 15.5. The van der Waals surface area contributed by atoms with Gasteiger partial charge in [-0.25, -0.2) is 9.59 Å². The number of ketones is 1. The van der Waals surface area contributed by atoms with Crippen LogP contribution in [-0.4, -0.2) is 117 Å². The van der Waals surface area contributed by atoms with Crippen LogP contribution in [0.3, 0.4) is 0 Å². The van der Waals surface area contributed by atoms with Crippen molar-refractivity contribution in [2.45, 2.75) is 108 Å². The van der Waals surface area contributed by atoms with E-state index in [0.29, 0.717) is 11.1 Å². The van der Waals surface area contributed by atoms with Gasteiger partial charge in [-0.15, -0.1) is 0 Å². The van der Waals surface area contributed by atoms with Gasteiger partial charge in [0.05, 0.1) is 35.6 Å². The van der Waals surface area contributed by atoms with E-state index < -0.39 is 113 Å². The third-order valence-electron chi connectivity index (χ3n) is 13.9. The fourth-order valence-corrected chi connectivity index (χ4v) is 10.5. The van der Waals surface area contributed by atoms with Gasteiger partial charge >= 0.3 is 23.9 Å². The molecule has 3 N–H and O–H groups in total. The Morgan fingerprint density at radius 3 is 1.94 bits per heavy atom. The van der Waals surface area contributed by atoms with Crippen LogP contribution < -0.4 is 0 Å². The molecule has 2 bridgehead atoms. The number of hydrogen-bond donors (Lipinski definition) is 3. The number of aliphatic hydroxyl groups excluding tert-OH is 2. The molecule has 334 valence electrons. The third-order valence-corrected chi connectivity index (χ3v) is 13.9. The first-order valence-electron chi connectivity index (χ1n) is 20.9. The molecular weight excluding hydrogens is 815 g/mol. The van der Waals surface area contributed by atoms with E-state index in [2.05, 4.69) is 0 Å². The summed E-state index contributed by atoms with van der Waals surface area (Å²) in [7, 11) is 1.44. The van der Waals surface area contributed by atoms with Crippen LogP contribution in [0.5, 0.6) is 0 Å². The van der Waals surface area contributed by atoms with Crippen molar-refractivity contribution in [2.75, 3.05) is 13.7 Å². The lowest BCUT2D eigenvalue weighted by Crippen LogP contribution is -2.82. The number of ether oxygens (including phenoxy) is 5. The molecule has 4 aliphatic rings. The predicted molar refractivity (Wildman–Crippen MR) is 222 cm³/mol. The zero-order chi connectivity index (χ0) is 45.8. The molecule has 0 aromatic heterocycles. The first-order valence-corrected chi connectivity index (χ1v) is 20.9. The molecule has 1 aliphatic heterocycles. The number of nitrogens with zero attached hydrogens (tertiary/aromatic N) is 1. The van der Waals surface area contributed by atoms with Crippen LogP contribution in [-0.2, 0) is 42.9 Å². The summed E-state index contributed by atoms with van der Waals surface area (Å²) in [6.07, 6.45) is -10.5. The first-order chi connectivity index (χ1) is 29.7. The van der Waals surface area contributed by atoms with Gasteiger partial charge < -0.3 is 43.9 Å². The molecule has 7 rings (SSSR count). The summed E-state index contributed by atoms with van der Waals surface area (Å²) < 4.78 is 30.4. The SMILES string of the molecule is CC(=O)O[C@H]1C(=O)[C@@]2(C)[C@H]([C@H](OC(=O)c3ccccc3)[C@]3(O)C[C@H](OC(=O)[C@H](O)C(c4ccccc4)N(C)C(=O)c4ccccc4)C(C)=C1C3(C)C)[C@]1(OC(C)=O)CO[C@@H]1C[C@@H]2O. The molecule has 11 atom stereocenters. The van der Waals surface area contributed by atoms with Crippen LogP contribution in [0.25, 0.3) is 0 Å². The van der Waals surface area contributed by atoms with E-state index in [4.69, 9.17) is 23.7 Å². The number of Topliss-reactive ketones (excluding diaryl/α,β-unsaturated/α-hetero) is 1. The number of esters is 4. The zero-order valence-electron chi connectivity index (χ0n) is 36.2. The van der Waals surface area contributed by atoms with E-state index in [1.54, 1.807) is 92.7 Å². The molecule has 1 heterocycles. The van der Waals surface area contributed by atoms with Crippen molar-refractivity contribution in [3.8, 4) is 0 Å². The standard InChI is InChI=1S/C48H53NO14/c1-26-32(61-44(57)37(53)36(29-17-11-8-12-18-29)49(7)42(55)30-19-13-9-14-20-30)24-48(58)41(62-43(56)31-21-15-10-16-22-31)39-46(6,33(52)23-34-47(39,25-59-34)63-28(3)51)40(54)38(60-27(2)50)35(26)45(48,4)5/h8-22,32-34,36-39,41,52-53,58H,23-25H2,1-7H3/t32-,33-,34+,36?,37+,38+,39-,41-,46+,47-,48+/m0/s1. The van der Waals surface area contributed by atoms with Crippen LogP contribution in [0.4, 0.5) is 0 Å². The number of hydrogen-bond acceptors (Lipinski definition) is 14. The van der Waals surface area contributed by atoms with Crippen LogP contribution in [0.1, 0.15) is 86.7 Å². The third kappa shape index (κ3) is 7.43. The lowest BCUT2D eigenvalue weighted by molar-refractivity contribution is -0.346. The van der Waals surface area contributed by atoms with E-state index in [0.717, 1.165) is 13.8 Å². The Hall–Kier alpha value is -5.74. The van der Waals surface area contributed by atoms with E-state index in [9.17, 15) is 39.3 Å². The summed E-state index contributed by atoms with van der Waals surface area (Å²) in [4.78, 5) is 85.3. The highest BCUT2D eigenvalue weighted by atomic mass is 16.6. The summed E-state index contributed by atoms with van der Waals surface area (Å²) in [5.74, 6) is -6.73. The molecule has 0 radical (unpaired) electrons. The van der Waals surface area contributed by atoms with E-state index >= 15 is 4.79 Å². The molecule has 1 amide bonds. The minimum Gasteiger partial charge on any atom is -0.456 e. The van der Waals surface area contributed by atoms with Gasteiger partial charge in [-0.3, -0.25) is 19.2 Å². The van der Waals surface area contributed by atoms with Gasteiger partial charge in [0.2, 0.25) is 0 Å². The fraction of sp³-hybridized carbons (Fsp3) is 0.458. The molecule has 1 saturated heterocycles. The molecule has 15 heteroatoms. The molecule has 3 aliphatic carbocycles. The van der Waals surface area contributed by atoms with E-state index in [1.807, 2.05) is 0 Å². The minimum absolute atomic E-state index is 0.000812. The second-order valence-corrected chi connectivity index (χ2v) is 17.8. The lowest BCUT2D eigenvalue weighted by Gasteiger charge is -2.67. The van der Waals surface area contributed by atoms with Crippen molar-refractivity contribution in [3.63, 3.8) is 0 Å². The van der Waals surface area contributed by atoms with Gasteiger partial charge in [-0.1, -0.05) is 80.6 Å². The second-order valence-electron chi connectivity index (χ2n) is 17.8. The topological polar surface area (TPSA) is 212 Å². The minimum atomic E-state index is -2.39. The maximum Gasteiger partial charge on any atom is 0.338 e. The van der Waals surface area contributed by atoms with Gasteiger partial charge in [0.1, 0.15) is 23.9 Å². The number of carbonyl (C=O) groups excluding carboxylic acids is 6. The number of fused-ring (bicyclic) bond motifs is 5. The zero-order valence-corrected chi connectivity index (χ0v) is 36.2. The van der Waals surface area contributed by atoms with Crippen LogP contribution in [0, 0.1) is 16.7 Å². The van der Waals surface area contributed by atoms with Gasteiger partial charge in [0.15, 0.2) is 23.6 Å². The smallest absolute Gasteiger partial charge is 0.338 e. The number of likely N-dealkylation sites (N-methyl/N-ethyl adjacent to an activating group) is 1. The Morgan fingerprint density at radius 1 is 0.825 bits per heavy atom. The number of carbonyl (C=O) groups is 6. The highest BCUT2D eigenvalue weighted by molar-refractivity contribution is 5.96. The summed E-state index contributed by atoms with van der Waals surface area (Å²) in [5, 5.41) is 37.8. The molecule has 63 heavy (non-hydrogen) atoms. The lowest BCUT2D eigenvalue weighted by atomic mass is 9.44. The summed E-state index contributed by atoms with van der Waals surface area (Å²) in [6, 6.07) is 23.2. The molecule has 3 fully saturated rings. The predicted octanol–water partition coefficient (Wildman–Crippen LogP) is 4.08. The molecule has 0 spiro atoms. The van der Waals surface area contributed by atoms with Gasteiger partial charge in [0, 0.05) is 44.7 Å². The van der Waals surface area contributed by atoms with Gasteiger partial charge in [0.25, 0.3) is 5.91 Å². The molecular formula is C48H53NO14. The van der Waals surface area contributed by atoms with Crippen LogP contribution in [0.2, 0.25) is 0 Å². The normalized spacial score (nSPS) is 31.6. The van der Waals surface area contributed by atoms with E-state index in [-0.39, 0.29) is 29.7 Å². The van der Waals surface area contributed by atoms with Crippen molar-refractivity contribution in [3.05, 3.63) is 119 Å². The van der Waals surface area contributed by atoms with Crippen LogP contribution >= 0.6 is 0 Å². The number of aliphatic hydroxyl groups is 3. The Morgan fingerprint density at radius 2 is 1.40 bits per heavy atom. The van der Waals surface area contributed by atoms with E-state index in [1.165, 1.54) is 37.9 Å². The van der Waals surface area contributed by atoms with Gasteiger partial charge in [-0.2, -0.15) is 0 Å². The average Bonchev–Trinajstić information content (AvgIpc) is 3.25. The molecule has 1 unspecified atom stereocenters. The monoisotopic (exact) mass is 867 g/mol. The first kappa shape index (κ1) is 45.3.